The predicted octanol–water partition coefficient (Wildman–Crippen LogP) is 9.45. The number of methoxy groups -OCH3 is 1. The number of aryl methyl sites for hydroxylation is 2. The Labute approximate surface area is 253 Å². The Morgan fingerprint density at radius 2 is 1.70 bits per heavy atom. The number of esters is 1. The number of benzene rings is 2. The average molecular weight is 600 g/mol. The first-order chi connectivity index (χ1) is 20.6. The highest BCUT2D eigenvalue weighted by Crippen LogP contribution is 2.44. The number of unbranched alkanes of at least 4 members (excludes halogenated alkanes) is 4. The van der Waals surface area contributed by atoms with Crippen molar-refractivity contribution in [3.63, 3.8) is 0 Å². The molecule has 43 heavy (non-hydrogen) atoms. The molecule has 4 rings (SSSR count). The van der Waals surface area contributed by atoms with E-state index in [1.54, 1.807) is 13.2 Å². The molecule has 3 unspecified atom stereocenters. The number of hydrogen-bond acceptors (Lipinski definition) is 4. The van der Waals surface area contributed by atoms with Crippen molar-refractivity contribution < 1.29 is 32.2 Å². The number of alkyl halides is 3. The maximum absolute atomic E-state index is 14.2. The Morgan fingerprint density at radius 3 is 2.37 bits per heavy atom. The zero-order chi connectivity index (χ0) is 31.1. The summed E-state index contributed by atoms with van der Waals surface area (Å²) in [6.07, 6.45) is 0.710. The molecule has 3 aromatic rings. The van der Waals surface area contributed by atoms with Crippen LogP contribution in [-0.2, 0) is 22.5 Å². The van der Waals surface area contributed by atoms with Crippen LogP contribution in [0.5, 0.6) is 11.5 Å². The topological polar surface area (TPSA) is 49.7 Å². The summed E-state index contributed by atoms with van der Waals surface area (Å²) in [7, 11) is 1.68. The Hall–Kier alpha value is -3.42. The molecule has 1 fully saturated rings. The molecule has 8 heteroatoms. The highest BCUT2D eigenvalue weighted by atomic mass is 19.4. The van der Waals surface area contributed by atoms with E-state index in [4.69, 9.17) is 14.2 Å². The second kappa shape index (κ2) is 14.4. The zero-order valence-corrected chi connectivity index (χ0v) is 25.8. The van der Waals surface area contributed by atoms with Crippen molar-refractivity contribution in [1.29, 1.82) is 0 Å². The molecule has 2 aromatic carbocycles. The van der Waals surface area contributed by atoms with E-state index in [1.807, 2.05) is 12.1 Å². The van der Waals surface area contributed by atoms with E-state index < -0.39 is 30.3 Å². The van der Waals surface area contributed by atoms with Gasteiger partial charge in [-0.15, -0.1) is 0 Å². The van der Waals surface area contributed by atoms with Crippen LogP contribution in [0.3, 0.4) is 0 Å². The van der Waals surface area contributed by atoms with Crippen molar-refractivity contribution in [3.05, 3.63) is 60.2 Å². The molecular formula is C35H44F3NO4. The largest absolute Gasteiger partial charge is 0.496 e. The lowest BCUT2D eigenvalue weighted by Gasteiger charge is -2.27. The van der Waals surface area contributed by atoms with E-state index in [0.29, 0.717) is 5.75 Å². The standard InChI is InChI=1S/C35H44F3NO4/c1-6-8-10-12-24-13-16-27(32(20-24)41-5)29-21-25-14-15-26(22-28(25)39(29)19-11-9-7-2)42-30-17-18-31(33(30)35(36,37)38)43-34(40)23(3)4/h13-16,20-22,30-31,33H,3,6-12,17-19H2,1-2,4-5H3. The van der Waals surface area contributed by atoms with E-state index in [2.05, 4.69) is 49.3 Å². The second-order valence-corrected chi connectivity index (χ2v) is 11.6. The van der Waals surface area contributed by atoms with Crippen LogP contribution >= 0.6 is 0 Å². The lowest BCUT2D eigenvalue weighted by Crippen LogP contribution is -2.41. The first-order valence-electron chi connectivity index (χ1n) is 15.5. The minimum Gasteiger partial charge on any atom is -0.496 e. The molecule has 0 bridgehead atoms. The lowest BCUT2D eigenvalue weighted by atomic mass is 10.0. The highest BCUT2D eigenvalue weighted by molar-refractivity contribution is 5.89. The van der Waals surface area contributed by atoms with Gasteiger partial charge in [-0.25, -0.2) is 4.79 Å². The van der Waals surface area contributed by atoms with Gasteiger partial charge in [-0.3, -0.25) is 0 Å². The quantitative estimate of drug-likeness (QED) is 0.105. The van der Waals surface area contributed by atoms with Crippen molar-refractivity contribution in [2.24, 2.45) is 5.92 Å². The number of ether oxygens (including phenoxy) is 3. The molecule has 1 aliphatic carbocycles. The summed E-state index contributed by atoms with van der Waals surface area (Å²) >= 11 is 0. The molecule has 1 heterocycles. The third-order valence-electron chi connectivity index (χ3n) is 8.28. The second-order valence-electron chi connectivity index (χ2n) is 11.6. The Balaban J connectivity index is 1.67. The molecule has 0 radical (unpaired) electrons. The molecule has 1 aliphatic rings. The summed E-state index contributed by atoms with van der Waals surface area (Å²) in [5, 5.41) is 0.972. The molecule has 3 atom stereocenters. The Morgan fingerprint density at radius 1 is 0.977 bits per heavy atom. The summed E-state index contributed by atoms with van der Waals surface area (Å²) in [4.78, 5) is 12.0. The fourth-order valence-electron chi connectivity index (χ4n) is 6.00. The molecular weight excluding hydrogens is 555 g/mol. The smallest absolute Gasteiger partial charge is 0.398 e. The third-order valence-corrected chi connectivity index (χ3v) is 8.28. The number of fused-ring (bicyclic) bond motifs is 1. The van der Waals surface area contributed by atoms with Gasteiger partial charge in [-0.05, 0) is 74.9 Å². The minimum atomic E-state index is -4.59. The van der Waals surface area contributed by atoms with Crippen LogP contribution in [0, 0.1) is 5.92 Å². The maximum Gasteiger partial charge on any atom is 0.398 e. The van der Waals surface area contributed by atoms with Gasteiger partial charge in [-0.2, -0.15) is 13.2 Å². The molecule has 0 aliphatic heterocycles. The molecule has 0 amide bonds. The first kappa shape index (κ1) is 32.5. The van der Waals surface area contributed by atoms with Gasteiger partial charge in [0.2, 0.25) is 0 Å². The fraction of sp³-hybridized carbons (Fsp3) is 0.514. The molecule has 0 spiro atoms. The van der Waals surface area contributed by atoms with Gasteiger partial charge in [0.15, 0.2) is 0 Å². The number of nitrogens with zero attached hydrogens (tertiary/aromatic N) is 1. The summed E-state index contributed by atoms with van der Waals surface area (Å²) in [5.74, 6) is -1.57. The lowest BCUT2D eigenvalue weighted by molar-refractivity contribution is -0.215. The summed E-state index contributed by atoms with van der Waals surface area (Å²) in [6, 6.07) is 13.9. The predicted molar refractivity (Wildman–Crippen MR) is 165 cm³/mol. The van der Waals surface area contributed by atoms with Crippen molar-refractivity contribution in [2.75, 3.05) is 7.11 Å². The molecule has 0 saturated heterocycles. The normalized spacial score (nSPS) is 18.6. The van der Waals surface area contributed by atoms with Gasteiger partial charge in [0.1, 0.15) is 29.6 Å². The molecule has 5 nitrogen and oxygen atoms in total. The number of halogens is 3. The average Bonchev–Trinajstić information content (AvgIpc) is 3.54. The number of aromatic nitrogens is 1. The van der Waals surface area contributed by atoms with E-state index in [9.17, 15) is 18.0 Å². The van der Waals surface area contributed by atoms with Crippen LogP contribution in [0.25, 0.3) is 22.2 Å². The van der Waals surface area contributed by atoms with Gasteiger partial charge in [0, 0.05) is 29.1 Å². The van der Waals surface area contributed by atoms with Crippen LogP contribution < -0.4 is 9.47 Å². The summed E-state index contributed by atoms with van der Waals surface area (Å²) < 4.78 is 61.8. The Bertz CT molecular complexity index is 1410. The van der Waals surface area contributed by atoms with E-state index >= 15 is 0 Å². The van der Waals surface area contributed by atoms with Crippen LogP contribution in [0.15, 0.2) is 54.6 Å². The minimum absolute atomic E-state index is 0.0677. The number of rotatable bonds is 14. The summed E-state index contributed by atoms with van der Waals surface area (Å²) in [5.41, 5.74) is 4.18. The van der Waals surface area contributed by atoms with Gasteiger partial charge < -0.3 is 18.8 Å². The van der Waals surface area contributed by atoms with Crippen molar-refractivity contribution >= 4 is 16.9 Å². The number of carbonyl (C=O) groups excluding carboxylic acids is 1. The third kappa shape index (κ3) is 7.76. The number of hydrogen-bond donors (Lipinski definition) is 0. The van der Waals surface area contributed by atoms with Crippen molar-refractivity contribution in [2.45, 2.75) is 103 Å². The summed E-state index contributed by atoms with van der Waals surface area (Å²) in [6.45, 7) is 10.0. The van der Waals surface area contributed by atoms with Gasteiger partial charge in [0.25, 0.3) is 0 Å². The molecule has 0 N–H and O–H groups in total. The van der Waals surface area contributed by atoms with Gasteiger partial charge in [-0.1, -0.05) is 52.2 Å². The molecule has 1 aromatic heterocycles. The van der Waals surface area contributed by atoms with E-state index in [1.165, 1.54) is 25.3 Å². The monoisotopic (exact) mass is 599 g/mol. The highest BCUT2D eigenvalue weighted by Gasteiger charge is 2.55. The van der Waals surface area contributed by atoms with Crippen molar-refractivity contribution in [1.82, 2.24) is 4.57 Å². The zero-order valence-electron chi connectivity index (χ0n) is 25.8. The van der Waals surface area contributed by atoms with Crippen LogP contribution in [0.4, 0.5) is 13.2 Å². The molecule has 1 saturated carbocycles. The maximum atomic E-state index is 14.2. The fourth-order valence-corrected chi connectivity index (χ4v) is 6.00. The van der Waals surface area contributed by atoms with E-state index in [0.717, 1.165) is 66.6 Å². The van der Waals surface area contributed by atoms with Crippen molar-refractivity contribution in [3.8, 4) is 22.8 Å². The first-order valence-corrected chi connectivity index (χ1v) is 15.5. The van der Waals surface area contributed by atoms with E-state index in [-0.39, 0.29) is 18.4 Å². The van der Waals surface area contributed by atoms with Crippen LogP contribution in [0.1, 0.15) is 77.7 Å². The van der Waals surface area contributed by atoms with Gasteiger partial charge in [0.05, 0.1) is 18.3 Å². The SMILES string of the molecule is C=C(C)C(=O)OC1CCC(Oc2ccc3cc(-c4ccc(CCCCC)cc4OC)n(CCCCC)c3c2)C1C(F)(F)F. The number of carbonyl (C=O) groups is 1. The van der Waals surface area contributed by atoms with Crippen LogP contribution in [-0.4, -0.2) is 36.0 Å². The Kier molecular flexibility index (Phi) is 10.9. The molecule has 234 valence electrons. The van der Waals surface area contributed by atoms with Crippen LogP contribution in [0.2, 0.25) is 0 Å². The van der Waals surface area contributed by atoms with Gasteiger partial charge >= 0.3 is 12.1 Å².